The maximum atomic E-state index is 8.78. The van der Waals surface area contributed by atoms with Crippen molar-refractivity contribution in [3.63, 3.8) is 0 Å². The summed E-state index contributed by atoms with van der Waals surface area (Å²) in [6.07, 6.45) is 4.69. The van der Waals surface area contributed by atoms with Gasteiger partial charge in [-0.05, 0) is 31.0 Å². The molecular weight excluding hydrogens is 278 g/mol. The summed E-state index contributed by atoms with van der Waals surface area (Å²) in [4.78, 5) is 13.2. The van der Waals surface area contributed by atoms with Crippen molar-refractivity contribution in [1.29, 1.82) is 5.26 Å². The van der Waals surface area contributed by atoms with Crippen LogP contribution in [0.3, 0.4) is 0 Å². The number of anilines is 2. The van der Waals surface area contributed by atoms with Crippen molar-refractivity contribution in [2.45, 2.75) is 13.3 Å². The maximum absolute atomic E-state index is 8.78. The van der Waals surface area contributed by atoms with Gasteiger partial charge >= 0.3 is 0 Å². The second-order valence-electron chi connectivity index (χ2n) is 5.28. The fraction of sp³-hybridized carbons (Fsp3) is 0.400. The van der Waals surface area contributed by atoms with Crippen LogP contribution in [0.15, 0.2) is 24.5 Å². The predicted octanol–water partition coefficient (Wildman–Crippen LogP) is 1.16. The molecule has 0 aliphatic carbocycles. The lowest BCUT2D eigenvalue weighted by molar-refractivity contribution is 0.779. The van der Waals surface area contributed by atoms with Gasteiger partial charge in [0.1, 0.15) is 6.07 Å². The highest BCUT2D eigenvalue weighted by atomic mass is 15.3. The van der Waals surface area contributed by atoms with Crippen molar-refractivity contribution >= 4 is 11.8 Å². The van der Waals surface area contributed by atoms with E-state index in [2.05, 4.69) is 30.0 Å². The normalized spacial score (nSPS) is 15.3. The average Bonchev–Trinajstić information content (AvgIpc) is 2.82. The summed E-state index contributed by atoms with van der Waals surface area (Å²) in [7, 11) is 0. The lowest BCUT2D eigenvalue weighted by Gasteiger charge is -2.22. The van der Waals surface area contributed by atoms with Gasteiger partial charge in [0.15, 0.2) is 11.5 Å². The van der Waals surface area contributed by atoms with Gasteiger partial charge in [-0.2, -0.15) is 5.26 Å². The van der Waals surface area contributed by atoms with Crippen LogP contribution in [0.5, 0.6) is 0 Å². The molecule has 0 aromatic carbocycles. The molecule has 0 spiro atoms. The second-order valence-corrected chi connectivity index (χ2v) is 5.28. The van der Waals surface area contributed by atoms with Crippen LogP contribution in [0, 0.1) is 18.3 Å². The van der Waals surface area contributed by atoms with Gasteiger partial charge in [0.25, 0.3) is 0 Å². The number of hydrogen-bond donors (Lipinski definition) is 0. The molecule has 112 valence electrons. The van der Waals surface area contributed by atoms with E-state index in [-0.39, 0.29) is 0 Å². The number of nitrogens with zero attached hydrogens (tertiary/aromatic N) is 7. The third-order valence-corrected chi connectivity index (χ3v) is 3.64. The summed E-state index contributed by atoms with van der Waals surface area (Å²) in [5.41, 5.74) is 1.40. The SMILES string of the molecule is Cc1cnc(N2CCCN(c3ccc(C#N)nn3)CC2)nc1. The van der Waals surface area contributed by atoms with E-state index in [1.165, 1.54) is 0 Å². The Hall–Kier alpha value is -2.75. The van der Waals surface area contributed by atoms with Gasteiger partial charge in [-0.1, -0.05) is 0 Å². The largest absolute Gasteiger partial charge is 0.353 e. The van der Waals surface area contributed by atoms with Crippen molar-refractivity contribution < 1.29 is 0 Å². The molecule has 2 aromatic heterocycles. The number of rotatable bonds is 2. The van der Waals surface area contributed by atoms with Gasteiger partial charge in [0.05, 0.1) is 0 Å². The van der Waals surface area contributed by atoms with Gasteiger partial charge in [0.2, 0.25) is 5.95 Å². The molecule has 1 saturated heterocycles. The standard InChI is InChI=1S/C15H17N7/c1-12-10-17-15(18-11-12)22-6-2-5-21(7-8-22)14-4-3-13(9-16)19-20-14/h3-4,10-11H,2,5-8H2,1H3. The number of aromatic nitrogens is 4. The van der Waals surface area contributed by atoms with Crippen LogP contribution < -0.4 is 9.80 Å². The Bertz CT molecular complexity index is 660. The quantitative estimate of drug-likeness (QED) is 0.822. The molecule has 1 fully saturated rings. The van der Waals surface area contributed by atoms with E-state index in [1.54, 1.807) is 6.07 Å². The van der Waals surface area contributed by atoms with Crippen molar-refractivity contribution in [3.8, 4) is 6.07 Å². The third kappa shape index (κ3) is 3.11. The van der Waals surface area contributed by atoms with E-state index in [4.69, 9.17) is 5.26 Å². The molecule has 0 unspecified atom stereocenters. The highest BCUT2D eigenvalue weighted by Crippen LogP contribution is 2.15. The van der Waals surface area contributed by atoms with E-state index < -0.39 is 0 Å². The molecule has 0 radical (unpaired) electrons. The van der Waals surface area contributed by atoms with Crippen LogP contribution in [0.25, 0.3) is 0 Å². The van der Waals surface area contributed by atoms with E-state index in [9.17, 15) is 0 Å². The first kappa shape index (κ1) is 14.2. The fourth-order valence-corrected chi connectivity index (χ4v) is 2.45. The molecular formula is C15H17N7. The zero-order valence-corrected chi connectivity index (χ0v) is 12.5. The van der Waals surface area contributed by atoms with Gasteiger partial charge in [0, 0.05) is 38.6 Å². The van der Waals surface area contributed by atoms with E-state index >= 15 is 0 Å². The molecule has 3 heterocycles. The lowest BCUT2D eigenvalue weighted by Crippen LogP contribution is -2.32. The summed E-state index contributed by atoms with van der Waals surface area (Å²) in [5.74, 6) is 1.59. The fourth-order valence-electron chi connectivity index (χ4n) is 2.45. The number of nitriles is 1. The van der Waals surface area contributed by atoms with Gasteiger partial charge in [-0.15, -0.1) is 10.2 Å². The Labute approximate surface area is 129 Å². The van der Waals surface area contributed by atoms with E-state index in [0.29, 0.717) is 5.69 Å². The van der Waals surface area contributed by atoms with Gasteiger partial charge < -0.3 is 9.80 Å². The van der Waals surface area contributed by atoms with Crippen molar-refractivity contribution in [2.24, 2.45) is 0 Å². The molecule has 0 atom stereocenters. The molecule has 1 aliphatic rings. The van der Waals surface area contributed by atoms with Gasteiger partial charge in [-0.25, -0.2) is 9.97 Å². The zero-order valence-electron chi connectivity index (χ0n) is 12.5. The third-order valence-electron chi connectivity index (χ3n) is 3.64. The zero-order chi connectivity index (χ0) is 15.4. The molecule has 7 nitrogen and oxygen atoms in total. The Kier molecular flexibility index (Phi) is 4.10. The van der Waals surface area contributed by atoms with E-state index in [1.807, 2.05) is 31.5 Å². The summed E-state index contributed by atoms with van der Waals surface area (Å²) in [6.45, 7) is 5.48. The molecule has 0 bridgehead atoms. The van der Waals surface area contributed by atoms with Crippen LogP contribution in [0.1, 0.15) is 17.7 Å². The highest BCUT2D eigenvalue weighted by Gasteiger charge is 2.18. The first-order valence-corrected chi connectivity index (χ1v) is 7.28. The highest BCUT2D eigenvalue weighted by molar-refractivity contribution is 5.41. The predicted molar refractivity (Wildman–Crippen MR) is 82.6 cm³/mol. The van der Waals surface area contributed by atoms with Crippen LogP contribution in [0.2, 0.25) is 0 Å². The molecule has 3 rings (SSSR count). The first-order chi connectivity index (χ1) is 10.8. The summed E-state index contributed by atoms with van der Waals surface area (Å²) < 4.78 is 0. The van der Waals surface area contributed by atoms with Crippen molar-refractivity contribution in [2.75, 3.05) is 36.0 Å². The molecule has 7 heteroatoms. The number of aryl methyl sites for hydroxylation is 1. The lowest BCUT2D eigenvalue weighted by atomic mass is 10.3. The smallest absolute Gasteiger partial charge is 0.225 e. The summed E-state index contributed by atoms with van der Waals surface area (Å²) in [6, 6.07) is 5.54. The van der Waals surface area contributed by atoms with Crippen LogP contribution in [0.4, 0.5) is 11.8 Å². The van der Waals surface area contributed by atoms with Crippen LogP contribution in [-0.2, 0) is 0 Å². The van der Waals surface area contributed by atoms with Gasteiger partial charge in [-0.3, -0.25) is 0 Å². The Morgan fingerprint density at radius 1 is 1.00 bits per heavy atom. The molecule has 2 aromatic rings. The molecule has 0 N–H and O–H groups in total. The average molecular weight is 295 g/mol. The Morgan fingerprint density at radius 3 is 2.41 bits per heavy atom. The second kappa shape index (κ2) is 6.35. The molecule has 22 heavy (non-hydrogen) atoms. The van der Waals surface area contributed by atoms with E-state index in [0.717, 1.165) is 49.9 Å². The summed E-state index contributed by atoms with van der Waals surface area (Å²) >= 11 is 0. The Balaban J connectivity index is 1.69. The molecule has 0 saturated carbocycles. The maximum Gasteiger partial charge on any atom is 0.225 e. The monoisotopic (exact) mass is 295 g/mol. The molecule has 1 aliphatic heterocycles. The minimum Gasteiger partial charge on any atom is -0.353 e. The minimum atomic E-state index is 0.341. The van der Waals surface area contributed by atoms with Crippen molar-refractivity contribution in [1.82, 2.24) is 20.2 Å². The Morgan fingerprint density at radius 2 is 1.73 bits per heavy atom. The molecule has 0 amide bonds. The van der Waals surface area contributed by atoms with Crippen molar-refractivity contribution in [3.05, 3.63) is 35.8 Å². The minimum absolute atomic E-state index is 0.341. The topological polar surface area (TPSA) is 81.8 Å². The van der Waals surface area contributed by atoms with Crippen LogP contribution >= 0.6 is 0 Å². The first-order valence-electron chi connectivity index (χ1n) is 7.28. The summed E-state index contributed by atoms with van der Waals surface area (Å²) in [5, 5.41) is 16.8. The van der Waals surface area contributed by atoms with Crippen LogP contribution in [-0.4, -0.2) is 46.3 Å². The number of hydrogen-bond acceptors (Lipinski definition) is 7.